The molecule has 0 bridgehead atoms. The van der Waals surface area contributed by atoms with E-state index in [2.05, 4.69) is 10.2 Å². The Kier molecular flexibility index (Phi) is 4.08. The summed E-state index contributed by atoms with van der Waals surface area (Å²) in [5.41, 5.74) is 2.14. The average molecular weight is 358 g/mol. The number of aromatic nitrogens is 2. The van der Waals surface area contributed by atoms with E-state index in [1.54, 1.807) is 21.5 Å². The first-order valence-electron chi connectivity index (χ1n) is 8.54. The molecule has 0 amide bonds. The third kappa shape index (κ3) is 2.81. The normalized spacial score (nSPS) is 11.5. The Hall–Kier alpha value is -3.67. The zero-order valence-corrected chi connectivity index (χ0v) is 15.0. The predicted octanol–water partition coefficient (Wildman–Crippen LogP) is 4.76. The lowest BCUT2D eigenvalue weighted by Crippen LogP contribution is -2.19. The van der Waals surface area contributed by atoms with Crippen LogP contribution in [0.5, 0.6) is 5.75 Å². The summed E-state index contributed by atoms with van der Waals surface area (Å²) in [5.74, 6) is 0.187. The van der Waals surface area contributed by atoms with E-state index in [4.69, 9.17) is 0 Å². The van der Waals surface area contributed by atoms with Gasteiger partial charge in [0.05, 0.1) is 17.1 Å². The molecule has 3 aromatic carbocycles. The van der Waals surface area contributed by atoms with Gasteiger partial charge < -0.3 is 5.11 Å². The van der Waals surface area contributed by atoms with Gasteiger partial charge in [0.2, 0.25) is 0 Å². The molecular weight excluding hydrogens is 340 g/mol. The molecule has 0 saturated heterocycles. The first kappa shape index (κ1) is 16.8. The van der Waals surface area contributed by atoms with Gasteiger partial charge in [0.25, 0.3) is 5.56 Å². The molecule has 1 heterocycles. The molecule has 0 fully saturated rings. The Bertz CT molecular complexity index is 1220. The highest BCUT2D eigenvalue weighted by Gasteiger charge is 2.16. The zero-order valence-electron chi connectivity index (χ0n) is 15.0. The molecule has 0 atom stereocenters. The fraction of sp³-hybridized carbons (Fsp3) is 0.0952. The summed E-state index contributed by atoms with van der Waals surface area (Å²) >= 11 is 0. The quantitative estimate of drug-likeness (QED) is 0.536. The summed E-state index contributed by atoms with van der Waals surface area (Å²) in [6.45, 7) is 1.84. The standard InChI is InChI=1S/C21H18N4O2/c1-14-20(21(27)25(24(14)2)15-8-4-3-5-9-15)23-22-18-12-13-19(26)17-11-7-6-10-16(17)18/h3-13,26H,1-2H3. The van der Waals surface area contributed by atoms with Crippen LogP contribution in [0.1, 0.15) is 5.69 Å². The summed E-state index contributed by atoms with van der Waals surface area (Å²) < 4.78 is 3.33. The fourth-order valence-electron chi connectivity index (χ4n) is 3.13. The third-order valence-electron chi connectivity index (χ3n) is 4.66. The number of phenolic OH excluding ortho intramolecular Hbond substituents is 1. The number of para-hydroxylation sites is 1. The van der Waals surface area contributed by atoms with Crippen LogP contribution in [0.4, 0.5) is 11.4 Å². The number of aromatic hydroxyl groups is 1. The van der Waals surface area contributed by atoms with Crippen LogP contribution in [-0.4, -0.2) is 14.5 Å². The van der Waals surface area contributed by atoms with Crippen molar-refractivity contribution in [1.82, 2.24) is 9.36 Å². The molecule has 6 nitrogen and oxygen atoms in total. The molecule has 4 rings (SSSR count). The van der Waals surface area contributed by atoms with E-state index in [0.717, 1.165) is 16.8 Å². The van der Waals surface area contributed by atoms with Gasteiger partial charge in [-0.2, -0.15) is 0 Å². The smallest absolute Gasteiger partial charge is 0.299 e. The maximum atomic E-state index is 12.9. The van der Waals surface area contributed by atoms with E-state index in [-0.39, 0.29) is 11.3 Å². The molecule has 6 heteroatoms. The Morgan fingerprint density at radius 1 is 0.852 bits per heavy atom. The minimum absolute atomic E-state index is 0.187. The van der Waals surface area contributed by atoms with E-state index >= 15 is 0 Å². The highest BCUT2D eigenvalue weighted by molar-refractivity contribution is 5.96. The van der Waals surface area contributed by atoms with E-state index in [9.17, 15) is 9.90 Å². The SMILES string of the molecule is Cc1c(N=Nc2ccc(O)c3ccccc23)c(=O)n(-c2ccccc2)n1C. The highest BCUT2D eigenvalue weighted by Crippen LogP contribution is 2.33. The molecule has 0 unspecified atom stereocenters. The summed E-state index contributed by atoms with van der Waals surface area (Å²) in [6, 6.07) is 20.1. The number of phenols is 1. The number of nitrogens with zero attached hydrogens (tertiary/aromatic N) is 4. The van der Waals surface area contributed by atoms with Crippen molar-refractivity contribution in [3.05, 3.63) is 82.8 Å². The van der Waals surface area contributed by atoms with Crippen LogP contribution in [0, 0.1) is 6.92 Å². The van der Waals surface area contributed by atoms with Crippen molar-refractivity contribution >= 4 is 22.1 Å². The van der Waals surface area contributed by atoms with Crippen LogP contribution in [0.2, 0.25) is 0 Å². The van der Waals surface area contributed by atoms with Gasteiger partial charge in [0, 0.05) is 17.8 Å². The van der Waals surface area contributed by atoms with Gasteiger partial charge in [-0.25, -0.2) is 4.68 Å². The van der Waals surface area contributed by atoms with Crippen molar-refractivity contribution in [2.75, 3.05) is 0 Å². The summed E-state index contributed by atoms with van der Waals surface area (Å²) in [5, 5.41) is 20.0. The number of benzene rings is 3. The summed E-state index contributed by atoms with van der Waals surface area (Å²) in [4.78, 5) is 12.9. The van der Waals surface area contributed by atoms with Crippen LogP contribution in [0.25, 0.3) is 16.5 Å². The Morgan fingerprint density at radius 3 is 2.26 bits per heavy atom. The van der Waals surface area contributed by atoms with Gasteiger partial charge in [-0.3, -0.25) is 9.48 Å². The van der Waals surface area contributed by atoms with Crippen molar-refractivity contribution < 1.29 is 5.11 Å². The van der Waals surface area contributed by atoms with Crippen molar-refractivity contribution in [3.63, 3.8) is 0 Å². The number of azo groups is 1. The lowest BCUT2D eigenvalue weighted by atomic mass is 10.1. The predicted molar refractivity (Wildman–Crippen MR) is 106 cm³/mol. The number of fused-ring (bicyclic) bond motifs is 1. The Labute approximate surface area is 155 Å². The van der Waals surface area contributed by atoms with Gasteiger partial charge in [-0.1, -0.05) is 42.5 Å². The molecule has 0 aliphatic carbocycles. The maximum Gasteiger partial charge on any atom is 0.299 e. The number of rotatable bonds is 3. The second kappa shape index (κ2) is 6.57. The molecule has 0 spiro atoms. The average Bonchev–Trinajstić information content (AvgIpc) is 2.91. The number of hydrogen-bond donors (Lipinski definition) is 1. The van der Waals surface area contributed by atoms with Crippen LogP contribution >= 0.6 is 0 Å². The molecule has 4 aromatic rings. The second-order valence-corrected chi connectivity index (χ2v) is 6.26. The minimum Gasteiger partial charge on any atom is -0.507 e. The van der Waals surface area contributed by atoms with Crippen molar-refractivity contribution in [2.24, 2.45) is 17.3 Å². The molecular formula is C21H18N4O2. The van der Waals surface area contributed by atoms with Crippen molar-refractivity contribution in [2.45, 2.75) is 6.92 Å². The topological polar surface area (TPSA) is 71.9 Å². The zero-order chi connectivity index (χ0) is 19.0. The van der Waals surface area contributed by atoms with Crippen LogP contribution < -0.4 is 5.56 Å². The molecule has 1 aromatic heterocycles. The Morgan fingerprint density at radius 2 is 1.52 bits per heavy atom. The monoisotopic (exact) mass is 358 g/mol. The van der Waals surface area contributed by atoms with Crippen molar-refractivity contribution in [1.29, 1.82) is 0 Å². The van der Waals surface area contributed by atoms with E-state index in [1.165, 1.54) is 0 Å². The minimum atomic E-state index is -0.229. The molecule has 0 aliphatic heterocycles. The fourth-order valence-corrected chi connectivity index (χ4v) is 3.13. The lowest BCUT2D eigenvalue weighted by molar-refractivity contribution is 0.481. The largest absolute Gasteiger partial charge is 0.507 e. The molecule has 1 N–H and O–H groups in total. The molecule has 0 aliphatic rings. The Balaban J connectivity index is 1.83. The van der Waals surface area contributed by atoms with Gasteiger partial charge in [0.1, 0.15) is 5.75 Å². The second-order valence-electron chi connectivity index (χ2n) is 6.26. The first-order valence-corrected chi connectivity index (χ1v) is 8.54. The van der Waals surface area contributed by atoms with Gasteiger partial charge >= 0.3 is 0 Å². The van der Waals surface area contributed by atoms with Crippen molar-refractivity contribution in [3.8, 4) is 11.4 Å². The highest BCUT2D eigenvalue weighted by atomic mass is 16.3. The third-order valence-corrected chi connectivity index (χ3v) is 4.66. The van der Waals surface area contributed by atoms with E-state index in [0.29, 0.717) is 16.8 Å². The first-order chi connectivity index (χ1) is 13.1. The van der Waals surface area contributed by atoms with E-state index in [1.807, 2.05) is 68.6 Å². The number of hydrogen-bond acceptors (Lipinski definition) is 4. The summed E-state index contributed by atoms with van der Waals surface area (Å²) in [7, 11) is 1.82. The molecule has 27 heavy (non-hydrogen) atoms. The lowest BCUT2D eigenvalue weighted by Gasteiger charge is -2.07. The summed E-state index contributed by atoms with van der Waals surface area (Å²) in [6.07, 6.45) is 0. The van der Waals surface area contributed by atoms with Gasteiger partial charge in [0.15, 0.2) is 5.69 Å². The van der Waals surface area contributed by atoms with Gasteiger partial charge in [-0.15, -0.1) is 10.2 Å². The maximum absolute atomic E-state index is 12.9. The van der Waals surface area contributed by atoms with Gasteiger partial charge in [-0.05, 0) is 31.2 Å². The molecule has 0 radical (unpaired) electrons. The van der Waals surface area contributed by atoms with Crippen LogP contribution in [0.3, 0.4) is 0 Å². The molecule has 0 saturated carbocycles. The van der Waals surface area contributed by atoms with E-state index < -0.39 is 0 Å². The van der Waals surface area contributed by atoms with Crippen LogP contribution in [-0.2, 0) is 7.05 Å². The molecule has 134 valence electrons. The van der Waals surface area contributed by atoms with Crippen LogP contribution in [0.15, 0.2) is 81.8 Å².